The first-order valence-electron chi connectivity index (χ1n) is 5.28. The second-order valence-corrected chi connectivity index (χ2v) is 6.27. The number of methoxy groups -OCH3 is 1. The van der Waals surface area contributed by atoms with Crippen LogP contribution in [-0.2, 0) is 6.54 Å². The second kappa shape index (κ2) is 6.18. The summed E-state index contributed by atoms with van der Waals surface area (Å²) in [5, 5.41) is 12.8. The van der Waals surface area contributed by atoms with Crippen molar-refractivity contribution in [2.75, 3.05) is 13.7 Å². The van der Waals surface area contributed by atoms with E-state index in [1.807, 2.05) is 12.1 Å². The fraction of sp³-hybridized carbons (Fsp3) is 0.500. The number of aliphatic hydroxyl groups is 1. The Morgan fingerprint density at radius 3 is 2.53 bits per heavy atom. The van der Waals surface area contributed by atoms with E-state index in [0.717, 1.165) is 20.3 Å². The summed E-state index contributed by atoms with van der Waals surface area (Å²) >= 11 is 6.90. The zero-order valence-electron chi connectivity index (χ0n) is 10.2. The molecule has 0 radical (unpaired) electrons. The lowest BCUT2D eigenvalue weighted by Gasteiger charge is -2.18. The summed E-state index contributed by atoms with van der Waals surface area (Å²) in [7, 11) is 1.65. The van der Waals surface area contributed by atoms with Crippen LogP contribution in [0.15, 0.2) is 21.1 Å². The van der Waals surface area contributed by atoms with Crippen LogP contribution < -0.4 is 10.1 Å². The van der Waals surface area contributed by atoms with Crippen LogP contribution in [0.5, 0.6) is 5.75 Å². The molecule has 0 aliphatic rings. The van der Waals surface area contributed by atoms with E-state index >= 15 is 0 Å². The van der Waals surface area contributed by atoms with Gasteiger partial charge in [-0.3, -0.25) is 0 Å². The molecule has 0 aliphatic carbocycles. The topological polar surface area (TPSA) is 41.5 Å². The van der Waals surface area contributed by atoms with Crippen molar-refractivity contribution in [1.29, 1.82) is 0 Å². The van der Waals surface area contributed by atoms with Crippen molar-refractivity contribution in [2.24, 2.45) is 0 Å². The van der Waals surface area contributed by atoms with Crippen molar-refractivity contribution in [3.8, 4) is 5.75 Å². The molecular formula is C12H17Br2NO2. The predicted molar refractivity (Wildman–Crippen MR) is 76.4 cm³/mol. The third-order valence-corrected chi connectivity index (χ3v) is 3.21. The van der Waals surface area contributed by atoms with Crippen LogP contribution in [0.2, 0.25) is 0 Å². The largest absolute Gasteiger partial charge is 0.495 e. The molecule has 17 heavy (non-hydrogen) atoms. The third kappa shape index (κ3) is 4.95. The molecule has 0 saturated heterocycles. The zero-order valence-corrected chi connectivity index (χ0v) is 13.4. The maximum absolute atomic E-state index is 9.62. The maximum Gasteiger partial charge on any atom is 0.137 e. The van der Waals surface area contributed by atoms with Crippen LogP contribution in [-0.4, -0.2) is 24.4 Å². The first-order valence-corrected chi connectivity index (χ1v) is 6.87. The van der Waals surface area contributed by atoms with Gasteiger partial charge >= 0.3 is 0 Å². The van der Waals surface area contributed by atoms with Crippen molar-refractivity contribution in [1.82, 2.24) is 5.32 Å². The van der Waals surface area contributed by atoms with E-state index in [1.165, 1.54) is 0 Å². The monoisotopic (exact) mass is 365 g/mol. The number of hydrogen-bond donors (Lipinski definition) is 2. The Kier molecular flexibility index (Phi) is 5.44. The molecule has 0 aromatic heterocycles. The van der Waals surface area contributed by atoms with Gasteiger partial charge in [-0.25, -0.2) is 0 Å². The average molecular weight is 367 g/mol. The predicted octanol–water partition coefficient (Wildman–Crippen LogP) is 3.08. The minimum Gasteiger partial charge on any atom is -0.495 e. The van der Waals surface area contributed by atoms with Crippen LogP contribution >= 0.6 is 31.9 Å². The van der Waals surface area contributed by atoms with Crippen molar-refractivity contribution in [3.05, 3.63) is 26.6 Å². The molecular weight excluding hydrogens is 350 g/mol. The van der Waals surface area contributed by atoms with Crippen molar-refractivity contribution in [2.45, 2.75) is 26.0 Å². The Labute approximate surface area is 119 Å². The molecule has 0 unspecified atom stereocenters. The standard InChI is InChI=1S/C12H17Br2NO2/c1-12(2,16)7-15-6-8-4-9(13)5-10(14)11(8)17-3/h4-5,15-16H,6-7H2,1-3H3. The van der Waals surface area contributed by atoms with Crippen LogP contribution in [0.4, 0.5) is 0 Å². The van der Waals surface area contributed by atoms with Gasteiger partial charge in [0.2, 0.25) is 0 Å². The molecule has 0 fully saturated rings. The average Bonchev–Trinajstić information content (AvgIpc) is 2.14. The van der Waals surface area contributed by atoms with E-state index in [9.17, 15) is 5.11 Å². The molecule has 0 heterocycles. The van der Waals surface area contributed by atoms with Gasteiger partial charge in [-0.1, -0.05) is 15.9 Å². The molecule has 2 N–H and O–H groups in total. The minimum atomic E-state index is -0.712. The Hall–Kier alpha value is -0.100. The van der Waals surface area contributed by atoms with E-state index in [4.69, 9.17) is 4.74 Å². The van der Waals surface area contributed by atoms with Gasteiger partial charge in [0.15, 0.2) is 0 Å². The Morgan fingerprint density at radius 2 is 2.00 bits per heavy atom. The first kappa shape index (κ1) is 15.0. The summed E-state index contributed by atoms with van der Waals surface area (Å²) < 4.78 is 7.25. The number of nitrogens with one attached hydrogen (secondary N) is 1. The third-order valence-electron chi connectivity index (χ3n) is 2.16. The van der Waals surface area contributed by atoms with Crippen LogP contribution in [0.25, 0.3) is 0 Å². The number of rotatable bonds is 5. The van der Waals surface area contributed by atoms with E-state index in [0.29, 0.717) is 13.1 Å². The Morgan fingerprint density at radius 1 is 1.35 bits per heavy atom. The van der Waals surface area contributed by atoms with Crippen molar-refractivity contribution >= 4 is 31.9 Å². The first-order chi connectivity index (χ1) is 7.83. The van der Waals surface area contributed by atoms with Gasteiger partial charge in [0.05, 0.1) is 17.2 Å². The van der Waals surface area contributed by atoms with Gasteiger partial charge in [0.25, 0.3) is 0 Å². The molecule has 1 rings (SSSR count). The van der Waals surface area contributed by atoms with Crippen LogP contribution in [0, 0.1) is 0 Å². The molecule has 3 nitrogen and oxygen atoms in total. The number of benzene rings is 1. The smallest absolute Gasteiger partial charge is 0.137 e. The summed E-state index contributed by atoms with van der Waals surface area (Å²) in [5.41, 5.74) is 0.328. The van der Waals surface area contributed by atoms with E-state index in [1.54, 1.807) is 21.0 Å². The minimum absolute atomic E-state index is 0.528. The van der Waals surface area contributed by atoms with Gasteiger partial charge in [-0.05, 0) is 41.9 Å². The van der Waals surface area contributed by atoms with Gasteiger partial charge in [0, 0.05) is 23.1 Å². The number of ether oxygens (including phenoxy) is 1. The lowest BCUT2D eigenvalue weighted by Crippen LogP contribution is -2.34. The zero-order chi connectivity index (χ0) is 13.1. The van der Waals surface area contributed by atoms with E-state index in [2.05, 4.69) is 37.2 Å². The quantitative estimate of drug-likeness (QED) is 0.841. The molecule has 0 saturated carbocycles. The SMILES string of the molecule is COc1c(Br)cc(Br)cc1CNCC(C)(C)O. The van der Waals surface area contributed by atoms with E-state index in [-0.39, 0.29) is 0 Å². The van der Waals surface area contributed by atoms with Gasteiger partial charge in [0.1, 0.15) is 5.75 Å². The highest BCUT2D eigenvalue weighted by Gasteiger charge is 2.13. The van der Waals surface area contributed by atoms with Gasteiger partial charge in [-0.15, -0.1) is 0 Å². The maximum atomic E-state index is 9.62. The molecule has 1 aromatic carbocycles. The second-order valence-electron chi connectivity index (χ2n) is 4.50. The van der Waals surface area contributed by atoms with Crippen LogP contribution in [0.3, 0.4) is 0 Å². The number of halogens is 2. The highest BCUT2D eigenvalue weighted by atomic mass is 79.9. The Bertz CT molecular complexity index is 389. The summed E-state index contributed by atoms with van der Waals surface area (Å²) in [6.45, 7) is 4.72. The molecule has 0 spiro atoms. The highest BCUT2D eigenvalue weighted by Crippen LogP contribution is 2.32. The molecule has 0 atom stereocenters. The van der Waals surface area contributed by atoms with E-state index < -0.39 is 5.60 Å². The summed E-state index contributed by atoms with van der Waals surface area (Å²) in [6.07, 6.45) is 0. The lowest BCUT2D eigenvalue weighted by molar-refractivity contribution is 0.0794. The fourth-order valence-electron chi connectivity index (χ4n) is 1.48. The van der Waals surface area contributed by atoms with Gasteiger partial charge < -0.3 is 15.2 Å². The summed E-state index contributed by atoms with van der Waals surface area (Å²) in [4.78, 5) is 0. The summed E-state index contributed by atoms with van der Waals surface area (Å²) in [5.74, 6) is 0.816. The molecule has 5 heteroatoms. The van der Waals surface area contributed by atoms with Crippen LogP contribution in [0.1, 0.15) is 19.4 Å². The van der Waals surface area contributed by atoms with Crippen molar-refractivity contribution < 1.29 is 9.84 Å². The van der Waals surface area contributed by atoms with Gasteiger partial charge in [-0.2, -0.15) is 0 Å². The molecule has 0 aliphatic heterocycles. The lowest BCUT2D eigenvalue weighted by atomic mass is 10.1. The Balaban J connectivity index is 2.76. The molecule has 0 amide bonds. The fourth-order valence-corrected chi connectivity index (χ4v) is 2.95. The number of hydrogen-bond acceptors (Lipinski definition) is 3. The normalized spacial score (nSPS) is 11.6. The highest BCUT2D eigenvalue weighted by molar-refractivity contribution is 9.11. The summed E-state index contributed by atoms with van der Waals surface area (Å²) in [6, 6.07) is 3.94. The molecule has 96 valence electrons. The molecule has 0 bridgehead atoms. The molecule has 1 aromatic rings. The van der Waals surface area contributed by atoms with Crippen molar-refractivity contribution in [3.63, 3.8) is 0 Å².